The largest absolute Gasteiger partial charge is 0.390 e. The van der Waals surface area contributed by atoms with E-state index in [1.165, 1.54) is 23.5 Å². The molecule has 32 nitrogen and oxygen atoms in total. The standard InChI is InChI=1S/C48H89N21O11/c49-15-3-1-10-29(40(73)59-19-6-5-17-51)64-42(75)31(13-8-20-60-48(56)57)65-41(74)30(11-2-4-16-50)66-43(76)33(22-28-25-58-27-62-28)67-44(77)34-14-9-21-69(34)47(80)32(12-7-18-52)63-37(72)26-61-46(79)39(36(71)24-54)68-45(78)38(55)35(70)23-53/h13,25,27,29-30,32-36,38-39,70-71H,1-12,14-24,26,49-55H2,(H,58,62)(H,59,73)(H,61,79)(H,63,72)(H,64,75)(H,65,74)(H,66,76)(H,67,77)(H,68,78)(H4,56,57,60)/b31-13-/t29-,30-,32+,33-,34-,35-,36-,38-,39-/m0/s1. The zero-order valence-electron chi connectivity index (χ0n) is 45.5. The monoisotopic (exact) mass is 1140 g/mol. The van der Waals surface area contributed by atoms with Gasteiger partial charge in [0.1, 0.15) is 48.0 Å². The summed E-state index contributed by atoms with van der Waals surface area (Å²) in [6.45, 7) is -0.0388. The Morgan fingerprint density at radius 1 is 0.700 bits per heavy atom. The minimum absolute atomic E-state index is 0.0133. The Hall–Kier alpha value is -6.91. The molecule has 0 unspecified atom stereocenters. The van der Waals surface area contributed by atoms with Gasteiger partial charge in [-0.15, -0.1) is 0 Å². The third-order valence-corrected chi connectivity index (χ3v) is 12.7. The first-order chi connectivity index (χ1) is 38.3. The molecule has 9 atom stereocenters. The zero-order valence-corrected chi connectivity index (χ0v) is 45.5. The molecule has 29 N–H and O–H groups in total. The van der Waals surface area contributed by atoms with Crippen molar-refractivity contribution in [3.63, 3.8) is 0 Å². The molecule has 1 aromatic heterocycles. The van der Waals surface area contributed by atoms with Crippen LogP contribution in [0.15, 0.2) is 29.3 Å². The summed E-state index contributed by atoms with van der Waals surface area (Å²) in [5.41, 5.74) is 50.6. The number of nitrogens with one attached hydrogen (secondary N) is 9. The number of aromatic nitrogens is 2. The quantitative estimate of drug-likeness (QED) is 0.0126. The Morgan fingerprint density at radius 2 is 1.32 bits per heavy atom. The number of guanidine groups is 1. The highest BCUT2D eigenvalue weighted by Gasteiger charge is 2.40. The Balaban J connectivity index is 2.39. The summed E-state index contributed by atoms with van der Waals surface area (Å²) in [7, 11) is 0. The van der Waals surface area contributed by atoms with Crippen LogP contribution in [0.1, 0.15) is 89.2 Å². The number of nitrogens with two attached hydrogens (primary N) is 9. The molecule has 0 saturated carbocycles. The van der Waals surface area contributed by atoms with Gasteiger partial charge in [0.05, 0.1) is 25.1 Å². The van der Waals surface area contributed by atoms with Crippen molar-refractivity contribution in [1.29, 1.82) is 0 Å². The SMILES string of the molecule is NCCCCNC(=O)[C@H](CCCCN)NC(=O)/C(=C/CCN=C(N)N)NC(=O)[C@H](CCCCN)NC(=O)[C@H](Cc1cnc[nH]1)NC(=O)[C@@H]1CCCN1C(=O)[C@@H](CCCN)NC(=O)CNC(=O)[C@@H](NC(=O)[C@@H](N)[C@@H](O)CN)[C@@H](O)CN. The zero-order chi connectivity index (χ0) is 59.6. The molecule has 1 aromatic rings. The maximum Gasteiger partial charge on any atom is 0.268 e. The van der Waals surface area contributed by atoms with Crippen molar-refractivity contribution in [3.05, 3.63) is 30.0 Å². The predicted molar refractivity (Wildman–Crippen MR) is 295 cm³/mol. The molecule has 2 heterocycles. The van der Waals surface area contributed by atoms with E-state index in [0.29, 0.717) is 70.3 Å². The first kappa shape index (κ1) is 69.2. The molecule has 80 heavy (non-hydrogen) atoms. The van der Waals surface area contributed by atoms with Crippen molar-refractivity contribution >= 4 is 59.1 Å². The van der Waals surface area contributed by atoms with Gasteiger partial charge in [-0.2, -0.15) is 0 Å². The van der Waals surface area contributed by atoms with Gasteiger partial charge in [0, 0.05) is 51.0 Å². The van der Waals surface area contributed by atoms with Gasteiger partial charge in [-0.3, -0.25) is 48.1 Å². The fourth-order valence-electron chi connectivity index (χ4n) is 8.20. The van der Waals surface area contributed by atoms with E-state index in [0.717, 1.165) is 0 Å². The van der Waals surface area contributed by atoms with Crippen LogP contribution in [-0.4, -0.2) is 204 Å². The number of nitrogens with zero attached hydrogens (tertiary/aromatic N) is 3. The van der Waals surface area contributed by atoms with Crippen LogP contribution in [0, 0.1) is 0 Å². The topological polar surface area (TPSA) is 569 Å². The molecule has 0 spiro atoms. The van der Waals surface area contributed by atoms with E-state index in [1.54, 1.807) is 0 Å². The second kappa shape index (κ2) is 38.6. The van der Waals surface area contributed by atoms with E-state index in [9.17, 15) is 53.4 Å². The molecular weight excluding hydrogens is 1050 g/mol. The lowest BCUT2D eigenvalue weighted by Crippen LogP contribution is -2.61. The Morgan fingerprint density at radius 3 is 1.93 bits per heavy atom. The van der Waals surface area contributed by atoms with Gasteiger partial charge in [-0.25, -0.2) is 4.98 Å². The number of hydrogen-bond acceptors (Lipinski definition) is 20. The molecule has 1 aliphatic heterocycles. The van der Waals surface area contributed by atoms with Gasteiger partial charge >= 0.3 is 0 Å². The molecule has 0 aromatic carbocycles. The number of aromatic amines is 1. The van der Waals surface area contributed by atoms with Crippen molar-refractivity contribution in [3.8, 4) is 0 Å². The molecule has 0 aliphatic carbocycles. The Kier molecular flexibility index (Phi) is 33.4. The highest BCUT2D eigenvalue weighted by atomic mass is 16.3. The van der Waals surface area contributed by atoms with Crippen LogP contribution >= 0.6 is 0 Å². The van der Waals surface area contributed by atoms with E-state index >= 15 is 0 Å². The Bertz CT molecular complexity index is 2170. The van der Waals surface area contributed by atoms with Crippen LogP contribution in [-0.2, 0) is 49.6 Å². The minimum Gasteiger partial charge on any atom is -0.390 e. The van der Waals surface area contributed by atoms with Crippen molar-refractivity contribution < 1.29 is 53.4 Å². The molecule has 0 bridgehead atoms. The van der Waals surface area contributed by atoms with Crippen molar-refractivity contribution in [2.75, 3.05) is 65.4 Å². The van der Waals surface area contributed by atoms with Crippen LogP contribution in [0.5, 0.6) is 0 Å². The third kappa shape index (κ3) is 25.0. The highest BCUT2D eigenvalue weighted by Crippen LogP contribution is 2.20. The van der Waals surface area contributed by atoms with E-state index in [4.69, 9.17) is 51.6 Å². The van der Waals surface area contributed by atoms with Gasteiger partial charge in [0.15, 0.2) is 5.96 Å². The third-order valence-electron chi connectivity index (χ3n) is 12.7. The average Bonchev–Trinajstić information content (AvgIpc) is 4.19. The number of aliphatic hydroxyl groups is 2. The smallest absolute Gasteiger partial charge is 0.268 e. The number of aliphatic hydroxyl groups excluding tert-OH is 2. The summed E-state index contributed by atoms with van der Waals surface area (Å²) in [5.74, 6) is -7.48. The van der Waals surface area contributed by atoms with Gasteiger partial charge in [0.2, 0.25) is 47.3 Å². The number of likely N-dealkylation sites (tertiary alicyclic amines) is 1. The predicted octanol–water partition coefficient (Wildman–Crippen LogP) is -9.03. The average molecular weight is 1140 g/mol. The van der Waals surface area contributed by atoms with Crippen LogP contribution in [0.4, 0.5) is 0 Å². The minimum atomic E-state index is -1.70. The van der Waals surface area contributed by atoms with Crippen molar-refractivity contribution in [2.24, 2.45) is 56.6 Å². The normalized spacial score (nSPS) is 16.3. The van der Waals surface area contributed by atoms with E-state index in [-0.39, 0.29) is 89.3 Å². The maximum absolute atomic E-state index is 14.4. The van der Waals surface area contributed by atoms with Crippen molar-refractivity contribution in [2.45, 2.75) is 144 Å². The Labute approximate surface area is 465 Å². The summed E-state index contributed by atoms with van der Waals surface area (Å²) in [4.78, 5) is 136. The van der Waals surface area contributed by atoms with Crippen LogP contribution < -0.4 is 94.1 Å². The lowest BCUT2D eigenvalue weighted by atomic mass is 10.0. The number of amides is 9. The molecule has 1 aliphatic rings. The number of hydrogen-bond donors (Lipinski definition) is 20. The molecule has 1 fully saturated rings. The van der Waals surface area contributed by atoms with Crippen LogP contribution in [0.3, 0.4) is 0 Å². The second-order valence-corrected chi connectivity index (χ2v) is 19.1. The summed E-state index contributed by atoms with van der Waals surface area (Å²) in [6.07, 6.45) is 5.14. The van der Waals surface area contributed by atoms with Gasteiger partial charge < -0.3 is 114 Å². The van der Waals surface area contributed by atoms with Gasteiger partial charge in [0.25, 0.3) is 5.91 Å². The lowest BCUT2D eigenvalue weighted by molar-refractivity contribution is -0.142. The second-order valence-electron chi connectivity index (χ2n) is 19.1. The maximum atomic E-state index is 14.4. The molecule has 2 rings (SSSR count). The first-order valence-electron chi connectivity index (χ1n) is 27.0. The molecule has 452 valence electrons. The van der Waals surface area contributed by atoms with E-state index < -0.39 is 121 Å². The number of carbonyl (C=O) groups excluding carboxylic acids is 9. The number of aliphatic imine (C=N–C) groups is 1. The summed E-state index contributed by atoms with van der Waals surface area (Å²) in [5, 5.41) is 40.9. The fraction of sp³-hybridized carbons (Fsp3) is 0.688. The molecule has 0 radical (unpaired) electrons. The van der Waals surface area contributed by atoms with Gasteiger partial charge in [-0.1, -0.05) is 6.08 Å². The van der Waals surface area contributed by atoms with Crippen LogP contribution in [0.2, 0.25) is 0 Å². The first-order valence-corrected chi connectivity index (χ1v) is 27.0. The summed E-state index contributed by atoms with van der Waals surface area (Å²) < 4.78 is 0. The molecule has 32 heteroatoms. The lowest BCUT2D eigenvalue weighted by Gasteiger charge is -2.30. The fourth-order valence-corrected chi connectivity index (χ4v) is 8.20. The summed E-state index contributed by atoms with van der Waals surface area (Å²) in [6, 6.07) is -9.39. The molecule has 1 saturated heterocycles. The number of carbonyl (C=O) groups is 9. The van der Waals surface area contributed by atoms with E-state index in [2.05, 4.69) is 57.5 Å². The molecular formula is C48H89N21O11. The van der Waals surface area contributed by atoms with Crippen molar-refractivity contribution in [1.82, 2.24) is 57.4 Å². The number of unbranched alkanes of at least 4 members (excludes halogenated alkanes) is 3. The van der Waals surface area contributed by atoms with Gasteiger partial charge in [-0.05, 0) is 110 Å². The van der Waals surface area contributed by atoms with E-state index in [1.807, 2.05) is 0 Å². The number of rotatable bonds is 40. The number of H-pyrrole nitrogens is 1. The summed E-state index contributed by atoms with van der Waals surface area (Å²) >= 11 is 0. The molecule has 9 amide bonds. The number of imidazole rings is 1. The van der Waals surface area contributed by atoms with Crippen LogP contribution in [0.25, 0.3) is 0 Å². The highest BCUT2D eigenvalue weighted by molar-refractivity contribution is 6.02.